The van der Waals surface area contributed by atoms with Crippen molar-refractivity contribution in [2.24, 2.45) is 0 Å². The van der Waals surface area contributed by atoms with Crippen LogP contribution in [0, 0.1) is 6.92 Å². The molecule has 1 amide bonds. The van der Waals surface area contributed by atoms with Gasteiger partial charge in [0.15, 0.2) is 11.0 Å². The minimum atomic E-state index is 0.0636. The summed E-state index contributed by atoms with van der Waals surface area (Å²) in [6, 6.07) is 5.95. The number of thioether (sulfide) groups is 1. The number of hydrogen-bond acceptors (Lipinski definition) is 6. The Hall–Kier alpha value is -1.77. The lowest BCUT2D eigenvalue weighted by Crippen LogP contribution is -2.48. The molecule has 1 aliphatic heterocycles. The molecule has 0 radical (unpaired) electrons. The van der Waals surface area contributed by atoms with Gasteiger partial charge in [0, 0.05) is 24.2 Å². The van der Waals surface area contributed by atoms with E-state index in [1.54, 1.807) is 0 Å². The first-order valence-electron chi connectivity index (χ1n) is 11.8. The monoisotopic (exact) mass is 492 g/mol. The Bertz CT molecular complexity index is 953. The van der Waals surface area contributed by atoms with Crippen LogP contribution >= 0.6 is 23.4 Å². The smallest absolute Gasteiger partial charge is 0.233 e. The molecule has 0 unspecified atom stereocenters. The molecule has 2 aliphatic rings. The minimum absolute atomic E-state index is 0.0636. The summed E-state index contributed by atoms with van der Waals surface area (Å²) < 4.78 is 14.1. The number of amides is 1. The summed E-state index contributed by atoms with van der Waals surface area (Å²) in [5.74, 6) is 2.06. The van der Waals surface area contributed by atoms with Crippen molar-refractivity contribution < 1.29 is 14.3 Å². The van der Waals surface area contributed by atoms with E-state index >= 15 is 0 Å². The van der Waals surface area contributed by atoms with E-state index in [1.165, 1.54) is 31.0 Å². The van der Waals surface area contributed by atoms with Crippen molar-refractivity contribution in [1.29, 1.82) is 0 Å². The number of benzene rings is 1. The van der Waals surface area contributed by atoms with Crippen molar-refractivity contribution in [1.82, 2.24) is 19.7 Å². The van der Waals surface area contributed by atoms with E-state index in [-0.39, 0.29) is 18.1 Å². The van der Waals surface area contributed by atoms with Crippen LogP contribution in [0.5, 0.6) is 5.75 Å². The Morgan fingerprint density at radius 2 is 1.91 bits per heavy atom. The standard InChI is InChI=1S/C24H33ClN4O3S/c1-16-11-19(25)9-10-21(16)31-14-22-26-27-24(29(22)20-7-5-4-6-8-20)33-15-23(30)28-12-17(2)32-18(3)13-28/h9-11,17-18,20H,4-8,12-15H2,1-3H3/t17-,18+. The zero-order valence-corrected chi connectivity index (χ0v) is 21.2. The number of rotatable bonds is 7. The molecule has 9 heteroatoms. The number of aromatic nitrogens is 3. The molecular weight excluding hydrogens is 460 g/mol. The molecule has 1 saturated heterocycles. The van der Waals surface area contributed by atoms with E-state index in [0.29, 0.717) is 36.5 Å². The number of hydrogen-bond donors (Lipinski definition) is 0. The molecule has 2 fully saturated rings. The van der Waals surface area contributed by atoms with Gasteiger partial charge in [0.1, 0.15) is 12.4 Å². The zero-order valence-electron chi connectivity index (χ0n) is 19.6. The topological polar surface area (TPSA) is 69.5 Å². The summed E-state index contributed by atoms with van der Waals surface area (Å²) in [5.41, 5.74) is 0.986. The maximum Gasteiger partial charge on any atom is 0.233 e. The summed E-state index contributed by atoms with van der Waals surface area (Å²) in [4.78, 5) is 14.8. The second-order valence-corrected chi connectivity index (χ2v) is 10.5. The first-order chi connectivity index (χ1) is 15.9. The van der Waals surface area contributed by atoms with Crippen molar-refractivity contribution in [3.8, 4) is 5.75 Å². The highest BCUT2D eigenvalue weighted by Crippen LogP contribution is 2.33. The van der Waals surface area contributed by atoms with Gasteiger partial charge >= 0.3 is 0 Å². The molecule has 1 aromatic heterocycles. The van der Waals surface area contributed by atoms with Crippen LogP contribution in [0.1, 0.15) is 63.4 Å². The van der Waals surface area contributed by atoms with E-state index < -0.39 is 0 Å². The van der Waals surface area contributed by atoms with Crippen LogP contribution in [-0.4, -0.2) is 56.6 Å². The highest BCUT2D eigenvalue weighted by Gasteiger charge is 2.28. The molecule has 0 bridgehead atoms. The predicted molar refractivity (Wildman–Crippen MR) is 130 cm³/mol. The number of ether oxygens (including phenoxy) is 2. The van der Waals surface area contributed by atoms with Gasteiger partial charge in [0.05, 0.1) is 18.0 Å². The average molecular weight is 493 g/mol. The molecule has 0 spiro atoms. The SMILES string of the molecule is Cc1cc(Cl)ccc1OCc1nnc(SCC(=O)N2C[C@@H](C)O[C@@H](C)C2)n1C1CCCCC1. The van der Waals surface area contributed by atoms with Gasteiger partial charge in [-0.05, 0) is 57.4 Å². The molecule has 0 N–H and O–H groups in total. The van der Waals surface area contributed by atoms with Gasteiger partial charge in [-0.2, -0.15) is 0 Å². The number of halogens is 1. The normalized spacial score (nSPS) is 21.9. The van der Waals surface area contributed by atoms with Crippen molar-refractivity contribution in [2.75, 3.05) is 18.8 Å². The molecule has 2 atom stereocenters. The predicted octanol–water partition coefficient (Wildman–Crippen LogP) is 5.05. The van der Waals surface area contributed by atoms with Gasteiger partial charge in [-0.1, -0.05) is 42.6 Å². The molecule has 2 heterocycles. The fraction of sp³-hybridized carbons (Fsp3) is 0.625. The summed E-state index contributed by atoms with van der Waals surface area (Å²) in [6.07, 6.45) is 6.00. The van der Waals surface area contributed by atoms with Gasteiger partial charge in [-0.15, -0.1) is 10.2 Å². The quantitative estimate of drug-likeness (QED) is 0.503. The molecular formula is C24H33ClN4O3S. The number of morpholine rings is 1. The van der Waals surface area contributed by atoms with E-state index in [2.05, 4.69) is 14.8 Å². The second kappa shape index (κ2) is 11.1. The molecule has 2 aromatic rings. The third-order valence-corrected chi connectivity index (χ3v) is 7.43. The first-order valence-corrected chi connectivity index (χ1v) is 13.2. The van der Waals surface area contributed by atoms with Crippen LogP contribution in [0.25, 0.3) is 0 Å². The Kier molecular flexibility index (Phi) is 8.20. The van der Waals surface area contributed by atoms with Gasteiger partial charge in [-0.25, -0.2) is 0 Å². The molecule has 180 valence electrons. The van der Waals surface area contributed by atoms with Crippen molar-refractivity contribution in [2.45, 2.75) is 82.9 Å². The van der Waals surface area contributed by atoms with E-state index in [1.807, 2.05) is 43.9 Å². The lowest BCUT2D eigenvalue weighted by molar-refractivity contribution is -0.140. The number of carbonyl (C=O) groups excluding carboxylic acids is 1. The largest absolute Gasteiger partial charge is 0.485 e. The lowest BCUT2D eigenvalue weighted by atomic mass is 9.95. The average Bonchev–Trinajstić information content (AvgIpc) is 3.19. The van der Waals surface area contributed by atoms with Crippen molar-refractivity contribution >= 4 is 29.3 Å². The zero-order chi connectivity index (χ0) is 23.4. The molecule has 7 nitrogen and oxygen atoms in total. The van der Waals surface area contributed by atoms with Gasteiger partial charge in [0.25, 0.3) is 0 Å². The van der Waals surface area contributed by atoms with Crippen molar-refractivity contribution in [3.05, 3.63) is 34.6 Å². The lowest BCUT2D eigenvalue weighted by Gasteiger charge is -2.35. The third kappa shape index (κ3) is 6.22. The van der Waals surface area contributed by atoms with E-state index in [9.17, 15) is 4.79 Å². The Morgan fingerprint density at radius 1 is 1.18 bits per heavy atom. The van der Waals surface area contributed by atoms with Gasteiger partial charge in [-0.3, -0.25) is 9.36 Å². The number of aryl methyl sites for hydroxylation is 1. The number of carbonyl (C=O) groups is 1. The van der Waals surface area contributed by atoms with Crippen LogP contribution in [0.4, 0.5) is 0 Å². The summed E-state index contributed by atoms with van der Waals surface area (Å²) >= 11 is 7.55. The second-order valence-electron chi connectivity index (χ2n) is 9.10. The van der Waals surface area contributed by atoms with Crippen LogP contribution in [-0.2, 0) is 16.1 Å². The fourth-order valence-electron chi connectivity index (χ4n) is 4.73. The summed E-state index contributed by atoms with van der Waals surface area (Å²) in [5, 5.41) is 10.4. The third-order valence-electron chi connectivity index (χ3n) is 6.27. The molecule has 1 aromatic carbocycles. The minimum Gasteiger partial charge on any atom is -0.485 e. The summed E-state index contributed by atoms with van der Waals surface area (Å²) in [6.45, 7) is 7.61. The summed E-state index contributed by atoms with van der Waals surface area (Å²) in [7, 11) is 0. The van der Waals surface area contributed by atoms with Crippen molar-refractivity contribution in [3.63, 3.8) is 0 Å². The molecule has 33 heavy (non-hydrogen) atoms. The molecule has 1 saturated carbocycles. The van der Waals surface area contributed by atoms with Crippen LogP contribution < -0.4 is 4.74 Å². The number of nitrogens with zero attached hydrogens (tertiary/aromatic N) is 4. The molecule has 1 aliphatic carbocycles. The van der Waals surface area contributed by atoms with E-state index in [0.717, 1.165) is 35.1 Å². The van der Waals surface area contributed by atoms with Crippen LogP contribution in [0.3, 0.4) is 0 Å². The van der Waals surface area contributed by atoms with Crippen LogP contribution in [0.2, 0.25) is 5.02 Å². The first kappa shape index (κ1) is 24.4. The maximum atomic E-state index is 12.9. The highest BCUT2D eigenvalue weighted by atomic mass is 35.5. The Balaban J connectivity index is 1.46. The fourth-order valence-corrected chi connectivity index (χ4v) is 5.88. The van der Waals surface area contributed by atoms with Gasteiger partial charge in [0.2, 0.25) is 5.91 Å². The Labute approximate surface area is 205 Å². The van der Waals surface area contributed by atoms with E-state index in [4.69, 9.17) is 21.1 Å². The maximum absolute atomic E-state index is 12.9. The van der Waals surface area contributed by atoms with Crippen LogP contribution in [0.15, 0.2) is 23.4 Å². The highest BCUT2D eigenvalue weighted by molar-refractivity contribution is 7.99. The Morgan fingerprint density at radius 3 is 2.61 bits per heavy atom. The molecule has 4 rings (SSSR count). The van der Waals surface area contributed by atoms with Gasteiger partial charge < -0.3 is 14.4 Å².